The zero-order chi connectivity index (χ0) is 29.4. The third kappa shape index (κ3) is 7.51. The SMILES string of the molecule is CCNC(=O)C(Cc1ccccc1)N(Cc1c(Cl)cccc1Cl)C(=O)CN(c1ccccc1F)S(=O)(=O)N(C)C. The zero-order valence-electron chi connectivity index (χ0n) is 22.4. The smallest absolute Gasteiger partial charge is 0.304 e. The summed E-state index contributed by atoms with van der Waals surface area (Å²) >= 11 is 12.9. The summed E-state index contributed by atoms with van der Waals surface area (Å²) in [4.78, 5) is 28.7. The van der Waals surface area contributed by atoms with Gasteiger partial charge in [-0.2, -0.15) is 12.7 Å². The molecule has 0 aliphatic rings. The molecule has 0 aromatic heterocycles. The molecule has 12 heteroatoms. The van der Waals surface area contributed by atoms with E-state index < -0.39 is 40.4 Å². The number of anilines is 1. The number of carbonyl (C=O) groups excluding carboxylic acids is 2. The van der Waals surface area contributed by atoms with Gasteiger partial charge < -0.3 is 10.2 Å². The van der Waals surface area contributed by atoms with Gasteiger partial charge in [-0.25, -0.2) is 8.70 Å². The Bertz CT molecular complexity index is 1420. The molecule has 40 heavy (non-hydrogen) atoms. The highest BCUT2D eigenvalue weighted by molar-refractivity contribution is 7.90. The molecule has 3 aromatic rings. The predicted octanol–water partition coefficient (Wildman–Crippen LogP) is 4.52. The molecule has 0 bridgehead atoms. The van der Waals surface area contributed by atoms with E-state index in [0.29, 0.717) is 16.4 Å². The minimum absolute atomic E-state index is 0.126. The van der Waals surface area contributed by atoms with E-state index in [0.717, 1.165) is 15.9 Å². The van der Waals surface area contributed by atoms with Crippen molar-refractivity contribution in [1.82, 2.24) is 14.5 Å². The second-order valence-corrected chi connectivity index (χ2v) is 12.0. The van der Waals surface area contributed by atoms with Crippen LogP contribution in [0.1, 0.15) is 18.1 Å². The molecule has 0 fully saturated rings. The molecular weight excluding hydrogens is 578 g/mol. The molecule has 1 atom stereocenters. The van der Waals surface area contributed by atoms with E-state index in [1.54, 1.807) is 25.1 Å². The van der Waals surface area contributed by atoms with Crippen LogP contribution in [0.15, 0.2) is 72.8 Å². The van der Waals surface area contributed by atoms with E-state index in [9.17, 15) is 22.4 Å². The van der Waals surface area contributed by atoms with Crippen molar-refractivity contribution in [3.8, 4) is 0 Å². The number of hydrogen-bond acceptors (Lipinski definition) is 4. The van der Waals surface area contributed by atoms with Crippen LogP contribution in [0.3, 0.4) is 0 Å². The summed E-state index contributed by atoms with van der Waals surface area (Å²) in [5.74, 6) is -2.03. The number of rotatable bonds is 12. The molecule has 0 spiro atoms. The lowest BCUT2D eigenvalue weighted by Gasteiger charge is -2.34. The summed E-state index contributed by atoms with van der Waals surface area (Å²) < 4.78 is 43.0. The van der Waals surface area contributed by atoms with Crippen molar-refractivity contribution in [3.05, 3.63) is 99.8 Å². The topological polar surface area (TPSA) is 90.0 Å². The van der Waals surface area contributed by atoms with E-state index in [-0.39, 0.29) is 28.7 Å². The van der Waals surface area contributed by atoms with Gasteiger partial charge in [-0.05, 0) is 36.8 Å². The lowest BCUT2D eigenvalue weighted by Crippen LogP contribution is -2.54. The van der Waals surface area contributed by atoms with Crippen LogP contribution in [0.25, 0.3) is 0 Å². The molecule has 1 unspecified atom stereocenters. The third-order valence-electron chi connectivity index (χ3n) is 6.15. The molecule has 0 saturated heterocycles. The van der Waals surface area contributed by atoms with Crippen LogP contribution in [0.5, 0.6) is 0 Å². The number of para-hydroxylation sites is 1. The molecule has 3 aromatic carbocycles. The first kappa shape index (κ1) is 31.3. The second-order valence-electron chi connectivity index (χ2n) is 9.07. The summed E-state index contributed by atoms with van der Waals surface area (Å²) in [6, 6.07) is 18.1. The maximum absolute atomic E-state index is 14.9. The Hall–Kier alpha value is -3.18. The Labute approximate surface area is 244 Å². The first-order valence-corrected chi connectivity index (χ1v) is 14.6. The summed E-state index contributed by atoms with van der Waals surface area (Å²) in [5, 5.41) is 3.30. The molecule has 0 heterocycles. The Morgan fingerprint density at radius 3 is 2.10 bits per heavy atom. The number of nitrogens with one attached hydrogen (secondary N) is 1. The van der Waals surface area contributed by atoms with Crippen molar-refractivity contribution < 1.29 is 22.4 Å². The average molecular weight is 610 g/mol. The van der Waals surface area contributed by atoms with Gasteiger partial charge in [-0.1, -0.05) is 71.7 Å². The van der Waals surface area contributed by atoms with Crippen LogP contribution in [-0.4, -0.2) is 62.7 Å². The van der Waals surface area contributed by atoms with Crippen LogP contribution in [0.2, 0.25) is 10.0 Å². The summed E-state index contributed by atoms with van der Waals surface area (Å²) in [5.41, 5.74) is 0.848. The third-order valence-corrected chi connectivity index (χ3v) is 8.67. The van der Waals surface area contributed by atoms with Crippen LogP contribution in [0, 0.1) is 5.82 Å². The first-order valence-electron chi connectivity index (χ1n) is 12.5. The van der Waals surface area contributed by atoms with Crippen molar-refractivity contribution in [3.63, 3.8) is 0 Å². The second kappa shape index (κ2) is 13.9. The summed E-state index contributed by atoms with van der Waals surface area (Å²) in [7, 11) is -1.76. The van der Waals surface area contributed by atoms with Gasteiger partial charge in [-0.3, -0.25) is 9.59 Å². The molecule has 1 N–H and O–H groups in total. The Morgan fingerprint density at radius 2 is 1.52 bits per heavy atom. The first-order chi connectivity index (χ1) is 19.0. The van der Waals surface area contributed by atoms with Crippen LogP contribution in [0.4, 0.5) is 10.1 Å². The zero-order valence-corrected chi connectivity index (χ0v) is 24.7. The number of nitrogens with zero attached hydrogens (tertiary/aromatic N) is 3. The molecule has 214 valence electrons. The largest absolute Gasteiger partial charge is 0.355 e. The molecule has 0 saturated carbocycles. The highest BCUT2D eigenvalue weighted by atomic mass is 35.5. The van der Waals surface area contributed by atoms with E-state index in [4.69, 9.17) is 23.2 Å². The number of halogens is 3. The van der Waals surface area contributed by atoms with Gasteiger partial charge >= 0.3 is 10.2 Å². The van der Waals surface area contributed by atoms with Gasteiger partial charge in [0.15, 0.2) is 0 Å². The number of amides is 2. The van der Waals surface area contributed by atoms with Gasteiger partial charge in [0.2, 0.25) is 11.8 Å². The van der Waals surface area contributed by atoms with Crippen molar-refractivity contribution in [2.75, 3.05) is 31.5 Å². The van der Waals surface area contributed by atoms with Gasteiger partial charge in [0.25, 0.3) is 0 Å². The molecular formula is C28H31Cl2FN4O4S. The van der Waals surface area contributed by atoms with E-state index in [2.05, 4.69) is 5.32 Å². The van der Waals surface area contributed by atoms with E-state index in [1.165, 1.54) is 37.2 Å². The minimum Gasteiger partial charge on any atom is -0.355 e. The van der Waals surface area contributed by atoms with Gasteiger partial charge in [0, 0.05) is 49.2 Å². The molecule has 0 radical (unpaired) electrons. The normalized spacial score (nSPS) is 12.2. The van der Waals surface area contributed by atoms with Crippen molar-refractivity contribution >= 4 is 50.9 Å². The average Bonchev–Trinajstić information content (AvgIpc) is 2.91. The molecule has 2 amide bonds. The summed E-state index contributed by atoms with van der Waals surface area (Å²) in [6.45, 7) is 1.07. The number of carbonyl (C=O) groups is 2. The van der Waals surface area contributed by atoms with Crippen LogP contribution in [-0.2, 0) is 32.8 Å². The maximum Gasteiger partial charge on any atom is 0.304 e. The number of benzene rings is 3. The standard InChI is InChI=1S/C28H31Cl2FN4O4S/c1-4-32-28(37)26(17-20-11-6-5-7-12-20)34(18-21-22(29)13-10-14-23(21)30)27(36)19-35(40(38,39)33(2)3)25-16-9-8-15-24(25)31/h5-16,26H,4,17-19H2,1-3H3,(H,32,37). The number of likely N-dealkylation sites (N-methyl/N-ethyl adjacent to an activating group) is 1. The highest BCUT2D eigenvalue weighted by Gasteiger charge is 2.35. The molecule has 8 nitrogen and oxygen atoms in total. The minimum atomic E-state index is -4.32. The van der Waals surface area contributed by atoms with Gasteiger partial charge in [-0.15, -0.1) is 0 Å². The lowest BCUT2D eigenvalue weighted by molar-refractivity contribution is -0.140. The molecule has 0 aliphatic carbocycles. The lowest BCUT2D eigenvalue weighted by atomic mass is 10.0. The van der Waals surface area contributed by atoms with Crippen LogP contribution >= 0.6 is 23.2 Å². The number of hydrogen-bond donors (Lipinski definition) is 1. The van der Waals surface area contributed by atoms with Crippen LogP contribution < -0.4 is 9.62 Å². The maximum atomic E-state index is 14.9. The Balaban J connectivity index is 2.14. The van der Waals surface area contributed by atoms with Crippen molar-refractivity contribution in [1.29, 1.82) is 0 Å². The molecule has 3 rings (SSSR count). The monoisotopic (exact) mass is 608 g/mol. The van der Waals surface area contributed by atoms with Gasteiger partial charge in [0.05, 0.1) is 5.69 Å². The quantitative estimate of drug-likeness (QED) is 0.327. The Kier molecular flexibility index (Phi) is 10.9. The fourth-order valence-electron chi connectivity index (χ4n) is 4.06. The fraction of sp³-hybridized carbons (Fsp3) is 0.286. The van der Waals surface area contributed by atoms with E-state index >= 15 is 0 Å². The highest BCUT2D eigenvalue weighted by Crippen LogP contribution is 2.28. The Morgan fingerprint density at radius 1 is 0.925 bits per heavy atom. The predicted molar refractivity (Wildman–Crippen MR) is 156 cm³/mol. The van der Waals surface area contributed by atoms with Crippen molar-refractivity contribution in [2.24, 2.45) is 0 Å². The fourth-order valence-corrected chi connectivity index (χ4v) is 5.64. The van der Waals surface area contributed by atoms with Gasteiger partial charge in [0.1, 0.15) is 18.4 Å². The summed E-state index contributed by atoms with van der Waals surface area (Å²) in [6.07, 6.45) is 0.126. The van der Waals surface area contributed by atoms with E-state index in [1.807, 2.05) is 30.3 Å². The molecule has 0 aliphatic heterocycles. The van der Waals surface area contributed by atoms with Crippen molar-refractivity contribution in [2.45, 2.75) is 25.9 Å².